The van der Waals surface area contributed by atoms with Crippen LogP contribution < -0.4 is 0 Å². The van der Waals surface area contributed by atoms with Crippen molar-refractivity contribution >= 4 is 36.6 Å². The Morgan fingerprint density at radius 1 is 1.16 bits per heavy atom. The van der Waals surface area contributed by atoms with Crippen LogP contribution in [0, 0.1) is 0 Å². The summed E-state index contributed by atoms with van der Waals surface area (Å²) in [6.45, 7) is 2.16. The molecule has 0 aliphatic heterocycles. The Balaban J connectivity index is 2.69. The molecule has 1 aromatic carbocycles. The standard InChI is InChI=1S/C13H20BrNO2S2/c1-3-4-5-6-11-18(2)15-19(16,17)13-9-7-12(14)8-10-13/h7-10H,3-6,11H2,1-2H3. The highest BCUT2D eigenvalue weighted by Gasteiger charge is 2.12. The summed E-state index contributed by atoms with van der Waals surface area (Å²) in [6, 6.07) is 6.60. The Bertz CT molecular complexity index is 524. The lowest BCUT2D eigenvalue weighted by molar-refractivity contribution is 0.598. The summed E-state index contributed by atoms with van der Waals surface area (Å²) in [6.07, 6.45) is 6.49. The van der Waals surface area contributed by atoms with E-state index in [1.165, 1.54) is 12.8 Å². The predicted molar refractivity (Wildman–Crippen MR) is 86.1 cm³/mol. The van der Waals surface area contributed by atoms with Crippen molar-refractivity contribution in [1.29, 1.82) is 0 Å². The topological polar surface area (TPSA) is 46.5 Å². The average molecular weight is 366 g/mol. The summed E-state index contributed by atoms with van der Waals surface area (Å²) in [5, 5.41) is 0. The molecule has 6 heteroatoms. The van der Waals surface area contributed by atoms with E-state index >= 15 is 0 Å². The number of hydrogen-bond donors (Lipinski definition) is 0. The number of unbranched alkanes of at least 4 members (excludes halogenated alkanes) is 3. The predicted octanol–water partition coefficient (Wildman–Crippen LogP) is 4.15. The maximum Gasteiger partial charge on any atom is 0.287 e. The maximum absolute atomic E-state index is 12.1. The third-order valence-electron chi connectivity index (χ3n) is 2.63. The molecule has 0 fully saturated rings. The van der Waals surface area contributed by atoms with Gasteiger partial charge < -0.3 is 0 Å². The first-order valence-electron chi connectivity index (χ1n) is 6.32. The number of sulfonamides is 1. The lowest BCUT2D eigenvalue weighted by atomic mass is 10.2. The number of hydrogen-bond acceptors (Lipinski definition) is 2. The monoisotopic (exact) mass is 365 g/mol. The van der Waals surface area contributed by atoms with Crippen LogP contribution in [0.5, 0.6) is 0 Å². The van der Waals surface area contributed by atoms with Crippen LogP contribution in [0.25, 0.3) is 0 Å². The van der Waals surface area contributed by atoms with Gasteiger partial charge in [-0.1, -0.05) is 52.8 Å². The van der Waals surface area contributed by atoms with Crippen LogP contribution in [-0.2, 0) is 20.7 Å². The smallest absolute Gasteiger partial charge is 0.199 e. The van der Waals surface area contributed by atoms with Crippen LogP contribution in [0.3, 0.4) is 0 Å². The summed E-state index contributed by atoms with van der Waals surface area (Å²) in [5.74, 6) is 0.857. The van der Waals surface area contributed by atoms with Gasteiger partial charge in [0.25, 0.3) is 10.0 Å². The molecule has 19 heavy (non-hydrogen) atoms. The molecule has 0 aliphatic carbocycles. The van der Waals surface area contributed by atoms with E-state index in [-0.39, 0.29) is 4.90 Å². The minimum absolute atomic E-state index is 0.267. The zero-order valence-electron chi connectivity index (χ0n) is 11.3. The van der Waals surface area contributed by atoms with Gasteiger partial charge in [0.1, 0.15) is 0 Å². The van der Waals surface area contributed by atoms with E-state index in [0.29, 0.717) is 0 Å². The fraction of sp³-hybridized carbons (Fsp3) is 0.538. The zero-order chi connectivity index (χ0) is 14.3. The van der Waals surface area contributed by atoms with E-state index in [0.717, 1.165) is 23.1 Å². The van der Waals surface area contributed by atoms with E-state index in [1.54, 1.807) is 24.3 Å². The molecule has 0 radical (unpaired) electrons. The first-order valence-corrected chi connectivity index (χ1v) is 10.3. The first-order chi connectivity index (χ1) is 8.95. The van der Waals surface area contributed by atoms with Gasteiger partial charge in [0.2, 0.25) is 0 Å². The van der Waals surface area contributed by atoms with Gasteiger partial charge in [-0.05, 0) is 36.9 Å². The van der Waals surface area contributed by atoms with Crippen LogP contribution in [0.15, 0.2) is 37.4 Å². The van der Waals surface area contributed by atoms with E-state index in [1.807, 2.05) is 6.26 Å². The molecule has 0 spiro atoms. The van der Waals surface area contributed by atoms with Gasteiger partial charge in [-0.15, -0.1) is 3.77 Å². The zero-order valence-corrected chi connectivity index (χ0v) is 14.5. The first kappa shape index (κ1) is 16.9. The van der Waals surface area contributed by atoms with Crippen LogP contribution in [0.1, 0.15) is 32.6 Å². The van der Waals surface area contributed by atoms with Gasteiger partial charge in [-0.3, -0.25) is 0 Å². The van der Waals surface area contributed by atoms with Crippen LogP contribution in [0.4, 0.5) is 0 Å². The van der Waals surface area contributed by atoms with Crippen molar-refractivity contribution in [3.8, 4) is 0 Å². The fourth-order valence-electron chi connectivity index (χ4n) is 1.59. The number of halogens is 1. The molecule has 0 aromatic heterocycles. The van der Waals surface area contributed by atoms with Crippen molar-refractivity contribution in [3.63, 3.8) is 0 Å². The normalized spacial score (nSPS) is 13.6. The van der Waals surface area contributed by atoms with Gasteiger partial charge in [0.05, 0.1) is 4.90 Å². The third kappa shape index (κ3) is 6.19. The molecule has 0 saturated carbocycles. The summed E-state index contributed by atoms with van der Waals surface area (Å²) >= 11 is 3.29. The van der Waals surface area contributed by atoms with E-state index < -0.39 is 20.7 Å². The molecule has 1 atom stereocenters. The van der Waals surface area contributed by atoms with Crippen LogP contribution >= 0.6 is 15.9 Å². The molecule has 0 N–H and O–H groups in total. The van der Waals surface area contributed by atoms with Crippen molar-refractivity contribution in [2.75, 3.05) is 12.0 Å². The second-order valence-corrected chi connectivity index (χ2v) is 8.91. The molecule has 0 bridgehead atoms. The Morgan fingerprint density at radius 3 is 2.37 bits per heavy atom. The van der Waals surface area contributed by atoms with Crippen LogP contribution in [-0.4, -0.2) is 20.4 Å². The Morgan fingerprint density at radius 2 is 1.79 bits per heavy atom. The quantitative estimate of drug-likeness (QED) is 0.681. The van der Waals surface area contributed by atoms with Crippen molar-refractivity contribution in [1.82, 2.24) is 0 Å². The molecule has 0 saturated heterocycles. The Kier molecular flexibility index (Phi) is 7.25. The summed E-state index contributed by atoms with van der Waals surface area (Å²) in [4.78, 5) is 0.267. The number of benzene rings is 1. The summed E-state index contributed by atoms with van der Waals surface area (Å²) in [7, 11) is -3.93. The highest BCUT2D eigenvalue weighted by Crippen LogP contribution is 2.17. The van der Waals surface area contributed by atoms with Gasteiger partial charge in [-0.2, -0.15) is 8.42 Å². The minimum atomic E-state index is -3.50. The molecule has 1 rings (SSSR count). The molecule has 0 amide bonds. The third-order valence-corrected chi connectivity index (χ3v) is 6.71. The highest BCUT2D eigenvalue weighted by molar-refractivity contribution is 9.10. The Labute approximate surface area is 127 Å². The van der Waals surface area contributed by atoms with Crippen molar-refractivity contribution < 1.29 is 8.42 Å². The minimum Gasteiger partial charge on any atom is -0.199 e. The molecule has 108 valence electrons. The molecule has 0 aliphatic rings. The van der Waals surface area contributed by atoms with E-state index in [2.05, 4.69) is 26.6 Å². The lowest BCUT2D eigenvalue weighted by Gasteiger charge is -2.03. The molecular weight excluding hydrogens is 346 g/mol. The largest absolute Gasteiger partial charge is 0.287 e. The molecular formula is C13H20BrNO2S2. The van der Waals surface area contributed by atoms with Gasteiger partial charge in [0, 0.05) is 10.2 Å². The molecule has 3 nitrogen and oxygen atoms in total. The van der Waals surface area contributed by atoms with Gasteiger partial charge in [-0.25, -0.2) is 0 Å². The second kappa shape index (κ2) is 8.17. The van der Waals surface area contributed by atoms with Crippen molar-refractivity contribution in [3.05, 3.63) is 28.7 Å². The van der Waals surface area contributed by atoms with Crippen molar-refractivity contribution in [2.45, 2.75) is 37.5 Å². The Hall–Kier alpha value is -0.200. The molecule has 1 unspecified atom stereocenters. The highest BCUT2D eigenvalue weighted by atomic mass is 79.9. The number of rotatable bonds is 7. The van der Waals surface area contributed by atoms with Gasteiger partial charge in [0.15, 0.2) is 0 Å². The lowest BCUT2D eigenvalue weighted by Crippen LogP contribution is -2.02. The van der Waals surface area contributed by atoms with E-state index in [4.69, 9.17) is 0 Å². The fourth-order valence-corrected chi connectivity index (χ4v) is 4.94. The van der Waals surface area contributed by atoms with Crippen LogP contribution in [0.2, 0.25) is 0 Å². The average Bonchev–Trinajstić information content (AvgIpc) is 2.34. The van der Waals surface area contributed by atoms with E-state index in [9.17, 15) is 8.42 Å². The molecule has 0 heterocycles. The SMILES string of the molecule is CCCCCCS(C)=NS(=O)(=O)c1ccc(Br)cc1. The summed E-state index contributed by atoms with van der Waals surface area (Å²) in [5.41, 5.74) is 0. The second-order valence-electron chi connectivity index (χ2n) is 4.37. The number of nitrogens with zero attached hydrogens (tertiary/aromatic N) is 1. The molecule has 1 aromatic rings. The maximum atomic E-state index is 12.1. The van der Waals surface area contributed by atoms with Crippen molar-refractivity contribution in [2.24, 2.45) is 3.77 Å². The van der Waals surface area contributed by atoms with Gasteiger partial charge >= 0.3 is 0 Å². The summed E-state index contributed by atoms with van der Waals surface area (Å²) < 4.78 is 29.0.